The Kier molecular flexibility index (Phi) is 1.99. The molecule has 5 aliphatic heterocycles. The van der Waals surface area contributed by atoms with E-state index >= 15 is 0 Å². The third-order valence-electron chi connectivity index (χ3n) is 7.59. The normalized spacial score (nSPS) is 54.5. The van der Waals surface area contributed by atoms with Crippen LogP contribution in [0.4, 0.5) is 5.69 Å². The molecule has 4 saturated heterocycles. The number of nitrogens with one attached hydrogen (secondary N) is 1. The Morgan fingerprint density at radius 2 is 2.18 bits per heavy atom. The van der Waals surface area contributed by atoms with Crippen LogP contribution in [0.3, 0.4) is 0 Å². The first kappa shape index (κ1) is 12.1. The Bertz CT molecular complexity index is 713. The van der Waals surface area contributed by atoms with Crippen molar-refractivity contribution in [3.63, 3.8) is 0 Å². The van der Waals surface area contributed by atoms with Crippen molar-refractivity contribution in [2.24, 2.45) is 11.8 Å². The number of hydrogen-bond donors (Lipinski definition) is 2. The lowest BCUT2D eigenvalue weighted by Gasteiger charge is -2.57. The molecule has 3 heteroatoms. The minimum Gasteiger partial charge on any atom is -0.392 e. The first-order valence-electron chi connectivity index (χ1n) is 8.70. The summed E-state index contributed by atoms with van der Waals surface area (Å²) in [6.45, 7) is 3.30. The summed E-state index contributed by atoms with van der Waals surface area (Å²) < 4.78 is 0. The molecule has 114 valence electrons. The van der Waals surface area contributed by atoms with Crippen molar-refractivity contribution in [1.29, 1.82) is 0 Å². The quantitative estimate of drug-likeness (QED) is 0.720. The highest BCUT2D eigenvalue weighted by molar-refractivity contribution is 5.65. The molecule has 6 aliphatic rings. The largest absolute Gasteiger partial charge is 0.392 e. The van der Waals surface area contributed by atoms with E-state index in [2.05, 4.69) is 47.5 Å². The Labute approximate surface area is 131 Å². The highest BCUT2D eigenvalue weighted by Gasteiger charge is 2.73. The molecular formula is C19H22N2O. The number of nitrogens with zero attached hydrogens (tertiary/aromatic N) is 1. The number of aliphatic hydroxyl groups is 1. The molecule has 7 rings (SSSR count). The highest BCUT2D eigenvalue weighted by atomic mass is 16.3. The summed E-state index contributed by atoms with van der Waals surface area (Å²) in [5, 5.41) is 15.2. The Hall–Kier alpha value is -1.32. The molecule has 1 aliphatic carbocycles. The first-order chi connectivity index (χ1) is 10.8. The van der Waals surface area contributed by atoms with Gasteiger partial charge in [0.2, 0.25) is 0 Å². The van der Waals surface area contributed by atoms with Crippen LogP contribution >= 0.6 is 0 Å². The Balaban J connectivity index is 1.60. The van der Waals surface area contributed by atoms with Gasteiger partial charge in [0.25, 0.3) is 0 Å². The Morgan fingerprint density at radius 3 is 3.05 bits per heavy atom. The summed E-state index contributed by atoms with van der Waals surface area (Å²) in [7, 11) is 0. The van der Waals surface area contributed by atoms with Gasteiger partial charge in [-0.1, -0.05) is 29.8 Å². The van der Waals surface area contributed by atoms with Crippen molar-refractivity contribution in [2.45, 2.75) is 49.4 Å². The summed E-state index contributed by atoms with van der Waals surface area (Å²) in [5.41, 5.74) is 4.18. The van der Waals surface area contributed by atoms with E-state index in [1.54, 1.807) is 5.57 Å². The van der Waals surface area contributed by atoms with E-state index in [1.165, 1.54) is 17.7 Å². The topological polar surface area (TPSA) is 35.5 Å². The van der Waals surface area contributed by atoms with E-state index < -0.39 is 0 Å². The van der Waals surface area contributed by atoms with Crippen LogP contribution in [-0.2, 0) is 5.41 Å². The number of aliphatic hydroxyl groups excluding tert-OH is 1. The van der Waals surface area contributed by atoms with Gasteiger partial charge in [-0.3, -0.25) is 4.90 Å². The average Bonchev–Trinajstić information content (AvgIpc) is 3.02. The smallest absolute Gasteiger partial charge is 0.0707 e. The van der Waals surface area contributed by atoms with Crippen LogP contribution in [0, 0.1) is 11.8 Å². The van der Waals surface area contributed by atoms with Crippen molar-refractivity contribution in [3.8, 4) is 0 Å². The fraction of sp³-hybridized carbons (Fsp3) is 0.579. The molecule has 5 fully saturated rings. The van der Waals surface area contributed by atoms with Crippen LogP contribution in [0.5, 0.6) is 0 Å². The van der Waals surface area contributed by atoms with E-state index in [-0.39, 0.29) is 11.5 Å². The molecule has 1 saturated carbocycles. The van der Waals surface area contributed by atoms with Crippen molar-refractivity contribution in [3.05, 3.63) is 41.5 Å². The lowest BCUT2D eigenvalue weighted by atomic mass is 9.65. The number of para-hydroxylation sites is 1. The van der Waals surface area contributed by atoms with Gasteiger partial charge in [-0.2, -0.15) is 0 Å². The molecule has 1 spiro atoms. The minimum absolute atomic E-state index is 0.0367. The lowest BCUT2D eigenvalue weighted by molar-refractivity contribution is -0.0318. The van der Waals surface area contributed by atoms with E-state index in [1.807, 2.05) is 0 Å². The number of allylic oxidation sites excluding steroid dienone is 1. The van der Waals surface area contributed by atoms with E-state index in [9.17, 15) is 5.11 Å². The van der Waals surface area contributed by atoms with Crippen LogP contribution in [0.25, 0.3) is 0 Å². The minimum atomic E-state index is -0.200. The second-order valence-electron chi connectivity index (χ2n) is 7.95. The average molecular weight is 294 g/mol. The van der Waals surface area contributed by atoms with Crippen LogP contribution in [-0.4, -0.2) is 40.8 Å². The fourth-order valence-corrected chi connectivity index (χ4v) is 6.87. The van der Waals surface area contributed by atoms with Crippen molar-refractivity contribution >= 4 is 5.69 Å². The predicted molar refractivity (Wildman–Crippen MR) is 85.8 cm³/mol. The van der Waals surface area contributed by atoms with Gasteiger partial charge >= 0.3 is 0 Å². The number of anilines is 1. The molecule has 3 nitrogen and oxygen atoms in total. The second-order valence-corrected chi connectivity index (χ2v) is 7.95. The summed E-state index contributed by atoms with van der Waals surface area (Å²) >= 11 is 0. The highest BCUT2D eigenvalue weighted by Crippen LogP contribution is 2.66. The second kappa shape index (κ2) is 3.60. The van der Waals surface area contributed by atoms with E-state index in [4.69, 9.17) is 0 Å². The Morgan fingerprint density at radius 1 is 1.32 bits per heavy atom. The van der Waals surface area contributed by atoms with E-state index in [0.29, 0.717) is 30.0 Å². The molecule has 8 atom stereocenters. The van der Waals surface area contributed by atoms with Gasteiger partial charge < -0.3 is 10.4 Å². The maximum absolute atomic E-state index is 11.4. The summed E-state index contributed by atoms with van der Waals surface area (Å²) in [5.74, 6) is 1.05. The number of benzene rings is 1. The van der Waals surface area contributed by atoms with Gasteiger partial charge in [0.15, 0.2) is 0 Å². The van der Waals surface area contributed by atoms with Crippen LogP contribution < -0.4 is 5.32 Å². The molecule has 1 aromatic rings. The van der Waals surface area contributed by atoms with Gasteiger partial charge in [0.05, 0.1) is 12.1 Å². The molecule has 0 aromatic heterocycles. The zero-order chi connectivity index (χ0) is 14.6. The molecular weight excluding hydrogens is 272 g/mol. The number of piperidine rings is 4. The standard InChI is InChI=1S/C19H22N2O/c1-2-10-9-21-14-7-11(10)16-15(21)8-19(18(16)22)12-5-3-4-6-13(12)20-17(14)19/h2-6,11,14-18,20,22H,7-9H2,1H3/b10-2+/t11-,14?,15-,16-,17-,18+,19?/m0/s1. The maximum Gasteiger partial charge on any atom is 0.0707 e. The van der Waals surface area contributed by atoms with Gasteiger partial charge in [0.1, 0.15) is 0 Å². The lowest BCUT2D eigenvalue weighted by Crippen LogP contribution is -2.66. The molecule has 3 unspecified atom stereocenters. The molecule has 0 amide bonds. The molecule has 5 bridgehead atoms. The predicted octanol–water partition coefficient (Wildman–Crippen LogP) is 2.13. The zero-order valence-electron chi connectivity index (χ0n) is 12.9. The molecule has 1 aromatic carbocycles. The van der Waals surface area contributed by atoms with E-state index in [0.717, 1.165) is 13.0 Å². The van der Waals surface area contributed by atoms with Crippen molar-refractivity contribution < 1.29 is 5.11 Å². The summed E-state index contributed by atoms with van der Waals surface area (Å²) in [6, 6.07) is 10.3. The first-order valence-corrected chi connectivity index (χ1v) is 8.70. The molecule has 2 N–H and O–H groups in total. The zero-order valence-corrected chi connectivity index (χ0v) is 12.9. The number of rotatable bonds is 0. The number of hydrogen-bond acceptors (Lipinski definition) is 3. The SMILES string of the molecule is C/C=C1\CN2C3C[C@@H]1[C@@H]1[C@@H](O)C4(C[C@@H]12)c1ccccc1N[C@@H]34. The number of fused-ring (bicyclic) bond motifs is 2. The van der Waals surface area contributed by atoms with Crippen LogP contribution in [0.1, 0.15) is 25.3 Å². The van der Waals surface area contributed by atoms with Crippen molar-refractivity contribution in [2.75, 3.05) is 11.9 Å². The van der Waals surface area contributed by atoms with Crippen LogP contribution in [0.2, 0.25) is 0 Å². The monoisotopic (exact) mass is 294 g/mol. The molecule has 5 heterocycles. The van der Waals surface area contributed by atoms with Gasteiger partial charge in [-0.05, 0) is 37.3 Å². The van der Waals surface area contributed by atoms with Crippen LogP contribution in [0.15, 0.2) is 35.9 Å². The van der Waals surface area contributed by atoms with Gasteiger partial charge in [-0.25, -0.2) is 0 Å². The third kappa shape index (κ3) is 1.05. The molecule has 0 radical (unpaired) electrons. The third-order valence-corrected chi connectivity index (χ3v) is 7.59. The van der Waals surface area contributed by atoms with Gasteiger partial charge in [-0.15, -0.1) is 0 Å². The fourth-order valence-electron chi connectivity index (χ4n) is 6.87. The summed E-state index contributed by atoms with van der Waals surface area (Å²) in [6.07, 6.45) is 4.47. The van der Waals surface area contributed by atoms with Gasteiger partial charge in [0, 0.05) is 35.6 Å². The van der Waals surface area contributed by atoms with Crippen molar-refractivity contribution in [1.82, 2.24) is 4.90 Å². The molecule has 22 heavy (non-hydrogen) atoms. The maximum atomic E-state index is 11.4. The summed E-state index contributed by atoms with van der Waals surface area (Å²) in [4.78, 5) is 2.72.